The maximum absolute atomic E-state index is 11.3. The van der Waals surface area contributed by atoms with Crippen molar-refractivity contribution in [1.82, 2.24) is 4.98 Å². The average Bonchev–Trinajstić information content (AvgIpc) is 3.20. The number of aliphatic hydroxyl groups is 1. The van der Waals surface area contributed by atoms with Crippen molar-refractivity contribution in [3.63, 3.8) is 0 Å². The Labute approximate surface area is 136 Å². The van der Waals surface area contributed by atoms with E-state index in [4.69, 9.17) is 9.15 Å². The number of hydrogen-bond donors (Lipinski definition) is 1. The van der Waals surface area contributed by atoms with Gasteiger partial charge in [0.25, 0.3) is 0 Å². The Balaban J connectivity index is 1.83. The minimum Gasteiger partial charge on any atom is -0.463 e. The van der Waals surface area contributed by atoms with Gasteiger partial charge in [-0.05, 0) is 42.1 Å². The summed E-state index contributed by atoms with van der Waals surface area (Å²) in [5.41, 5.74) is 1.93. The number of carbonyl (C=O) groups is 1. The van der Waals surface area contributed by atoms with E-state index in [1.54, 1.807) is 36.5 Å². The number of hydrogen-bond acceptors (Lipinski definition) is 6. The third kappa shape index (κ3) is 3.49. The first-order valence-corrected chi connectivity index (χ1v) is 8.02. The van der Waals surface area contributed by atoms with E-state index >= 15 is 0 Å². The topological polar surface area (TPSA) is 72.6 Å². The largest absolute Gasteiger partial charge is 0.463 e. The molecular weight excluding hydrogens is 314 g/mol. The normalized spacial score (nSPS) is 12.8. The van der Waals surface area contributed by atoms with Crippen LogP contribution in [0.2, 0.25) is 0 Å². The van der Waals surface area contributed by atoms with Crippen molar-refractivity contribution in [3.05, 3.63) is 53.4 Å². The van der Waals surface area contributed by atoms with Gasteiger partial charge >= 0.3 is 5.97 Å². The number of thiophene rings is 1. The molecule has 0 aliphatic carbocycles. The van der Waals surface area contributed by atoms with E-state index in [2.05, 4.69) is 4.98 Å². The molecule has 0 radical (unpaired) electrons. The maximum atomic E-state index is 11.3. The first kappa shape index (κ1) is 15.5. The molecule has 0 saturated carbocycles. The van der Waals surface area contributed by atoms with Gasteiger partial charge in [0.05, 0.1) is 17.6 Å². The Morgan fingerprint density at radius 1 is 1.48 bits per heavy atom. The minimum absolute atomic E-state index is 0.300. The molecule has 0 aliphatic heterocycles. The summed E-state index contributed by atoms with van der Waals surface area (Å²) < 4.78 is 10.5. The van der Waals surface area contributed by atoms with Crippen LogP contribution in [0.3, 0.4) is 0 Å². The lowest BCUT2D eigenvalue weighted by atomic mass is 10.1. The Kier molecular flexibility index (Phi) is 4.55. The van der Waals surface area contributed by atoms with Gasteiger partial charge in [0.2, 0.25) is 5.89 Å². The molecule has 0 spiro atoms. The molecule has 1 N–H and O–H groups in total. The fourth-order valence-corrected chi connectivity index (χ4v) is 2.75. The van der Waals surface area contributed by atoms with Crippen molar-refractivity contribution >= 4 is 28.4 Å². The summed E-state index contributed by atoms with van der Waals surface area (Å²) in [4.78, 5) is 16.7. The molecule has 1 unspecified atom stereocenters. The highest BCUT2D eigenvalue weighted by molar-refractivity contribution is 7.13. The van der Waals surface area contributed by atoms with E-state index < -0.39 is 12.1 Å². The van der Waals surface area contributed by atoms with Gasteiger partial charge in [-0.3, -0.25) is 0 Å². The summed E-state index contributed by atoms with van der Waals surface area (Å²) in [5, 5.41) is 12.1. The zero-order valence-electron chi connectivity index (χ0n) is 12.4. The number of aliphatic hydroxyl groups excluding tert-OH is 1. The average molecular weight is 329 g/mol. The third-order valence-electron chi connectivity index (χ3n) is 3.19. The van der Waals surface area contributed by atoms with Crippen LogP contribution in [0, 0.1) is 0 Å². The quantitative estimate of drug-likeness (QED) is 0.570. The zero-order valence-corrected chi connectivity index (χ0v) is 13.2. The summed E-state index contributed by atoms with van der Waals surface area (Å²) >= 11 is 1.55. The lowest BCUT2D eigenvalue weighted by Crippen LogP contribution is -2.01. The van der Waals surface area contributed by atoms with Gasteiger partial charge in [-0.25, -0.2) is 9.78 Å². The lowest BCUT2D eigenvalue weighted by Gasteiger charge is -2.05. The molecule has 0 fully saturated rings. The molecule has 0 saturated heterocycles. The molecule has 1 atom stereocenters. The summed E-state index contributed by atoms with van der Waals surface area (Å²) in [5.74, 6) is 0.0796. The van der Waals surface area contributed by atoms with Crippen molar-refractivity contribution < 1.29 is 19.1 Å². The second-order valence-electron chi connectivity index (χ2n) is 4.78. The number of fused-ring (bicyclic) bond motifs is 1. The first-order valence-electron chi connectivity index (χ1n) is 7.14. The van der Waals surface area contributed by atoms with Crippen LogP contribution in [0.5, 0.6) is 0 Å². The molecule has 2 aromatic heterocycles. The van der Waals surface area contributed by atoms with E-state index in [-0.39, 0.29) is 0 Å². The zero-order chi connectivity index (χ0) is 16.2. The Morgan fingerprint density at radius 2 is 2.35 bits per heavy atom. The fraction of sp³-hybridized carbons (Fsp3) is 0.176. The Morgan fingerprint density at radius 3 is 3.09 bits per heavy atom. The van der Waals surface area contributed by atoms with Crippen LogP contribution in [-0.2, 0) is 9.53 Å². The summed E-state index contributed by atoms with van der Waals surface area (Å²) in [7, 11) is 0. The molecule has 3 aromatic rings. The van der Waals surface area contributed by atoms with E-state index in [9.17, 15) is 9.90 Å². The van der Waals surface area contributed by atoms with Gasteiger partial charge in [0.1, 0.15) is 5.52 Å². The summed E-state index contributed by atoms with van der Waals surface area (Å²) in [6, 6.07) is 9.13. The van der Waals surface area contributed by atoms with E-state index in [1.807, 2.05) is 17.5 Å². The number of benzene rings is 1. The minimum atomic E-state index is -0.918. The SMILES string of the molecule is CCOC(=O)C=CC(O)c1ccc2nc(-c3cccs3)oc2c1. The van der Waals surface area contributed by atoms with E-state index in [1.165, 1.54) is 12.2 Å². The van der Waals surface area contributed by atoms with Crippen LogP contribution >= 0.6 is 11.3 Å². The molecule has 0 amide bonds. The molecular formula is C17H15NO4S. The molecule has 0 aliphatic rings. The highest BCUT2D eigenvalue weighted by Gasteiger charge is 2.12. The number of aromatic nitrogens is 1. The van der Waals surface area contributed by atoms with Crippen LogP contribution in [-0.4, -0.2) is 22.7 Å². The molecule has 1 aromatic carbocycles. The van der Waals surface area contributed by atoms with Crippen LogP contribution < -0.4 is 0 Å². The molecule has 0 bridgehead atoms. The molecule has 2 heterocycles. The number of esters is 1. The van der Waals surface area contributed by atoms with Crippen LogP contribution in [0.15, 0.2) is 52.3 Å². The number of carbonyl (C=O) groups excluding carboxylic acids is 1. The lowest BCUT2D eigenvalue weighted by molar-refractivity contribution is -0.137. The molecule has 6 heteroatoms. The van der Waals surface area contributed by atoms with Crippen molar-refractivity contribution in [2.24, 2.45) is 0 Å². The Hall–Kier alpha value is -2.44. The third-order valence-corrected chi connectivity index (χ3v) is 4.05. The van der Waals surface area contributed by atoms with Gasteiger partial charge in [0, 0.05) is 6.08 Å². The van der Waals surface area contributed by atoms with Crippen LogP contribution in [0.25, 0.3) is 21.9 Å². The number of oxazole rings is 1. The van der Waals surface area contributed by atoms with Crippen molar-refractivity contribution in [3.8, 4) is 10.8 Å². The fourth-order valence-electron chi connectivity index (χ4n) is 2.10. The van der Waals surface area contributed by atoms with Gasteiger partial charge in [0.15, 0.2) is 5.58 Å². The molecule has 23 heavy (non-hydrogen) atoms. The second kappa shape index (κ2) is 6.76. The molecule has 5 nitrogen and oxygen atoms in total. The molecule has 118 valence electrons. The number of nitrogens with zero attached hydrogens (tertiary/aromatic N) is 1. The van der Waals surface area contributed by atoms with Gasteiger partial charge in [-0.1, -0.05) is 12.1 Å². The van der Waals surface area contributed by atoms with Crippen molar-refractivity contribution in [2.45, 2.75) is 13.0 Å². The van der Waals surface area contributed by atoms with Crippen molar-refractivity contribution in [2.75, 3.05) is 6.61 Å². The van der Waals surface area contributed by atoms with Crippen LogP contribution in [0.1, 0.15) is 18.6 Å². The highest BCUT2D eigenvalue weighted by atomic mass is 32.1. The van der Waals surface area contributed by atoms with Crippen LogP contribution in [0.4, 0.5) is 0 Å². The number of ether oxygens (including phenoxy) is 1. The summed E-state index contributed by atoms with van der Waals surface area (Å²) in [6.45, 7) is 2.03. The maximum Gasteiger partial charge on any atom is 0.330 e. The van der Waals surface area contributed by atoms with E-state index in [0.29, 0.717) is 23.6 Å². The van der Waals surface area contributed by atoms with E-state index in [0.717, 1.165) is 10.4 Å². The van der Waals surface area contributed by atoms with Gasteiger partial charge in [-0.2, -0.15) is 0 Å². The van der Waals surface area contributed by atoms with Gasteiger partial charge in [-0.15, -0.1) is 11.3 Å². The predicted molar refractivity (Wildman–Crippen MR) is 88.1 cm³/mol. The van der Waals surface area contributed by atoms with Crippen molar-refractivity contribution in [1.29, 1.82) is 0 Å². The van der Waals surface area contributed by atoms with Gasteiger partial charge < -0.3 is 14.3 Å². The second-order valence-corrected chi connectivity index (χ2v) is 5.73. The highest BCUT2D eigenvalue weighted by Crippen LogP contribution is 2.29. The number of rotatable bonds is 5. The standard InChI is InChI=1S/C17H15NO4S/c1-2-21-16(20)8-7-13(19)11-5-6-12-14(10-11)22-17(18-12)15-4-3-9-23-15/h3-10,13,19H,2H2,1H3. The monoisotopic (exact) mass is 329 g/mol. The smallest absolute Gasteiger partial charge is 0.330 e. The predicted octanol–water partition coefficient (Wildman–Crippen LogP) is 3.71. The first-order chi connectivity index (χ1) is 11.2. The summed E-state index contributed by atoms with van der Waals surface area (Å²) in [6.07, 6.45) is 1.69. The molecule has 3 rings (SSSR count). The Bertz CT molecular complexity index is 836.